The second-order valence-electron chi connectivity index (χ2n) is 4.36. The van der Waals surface area contributed by atoms with Gasteiger partial charge in [-0.05, 0) is 17.7 Å². The molecule has 0 aromatic heterocycles. The van der Waals surface area contributed by atoms with Crippen LogP contribution in [0.3, 0.4) is 0 Å². The number of hydrogen-bond acceptors (Lipinski definition) is 2. The number of rotatable bonds is 2. The Kier molecular flexibility index (Phi) is 2.58. The first-order valence-electron chi connectivity index (χ1n) is 5.16. The fourth-order valence-electron chi connectivity index (χ4n) is 2.02. The molecule has 1 heterocycles. The van der Waals surface area contributed by atoms with Crippen molar-refractivity contribution in [3.05, 3.63) is 29.6 Å². The van der Waals surface area contributed by atoms with Crippen molar-refractivity contribution >= 4 is 5.91 Å². The van der Waals surface area contributed by atoms with Crippen molar-refractivity contribution in [2.75, 3.05) is 13.7 Å². The molecule has 1 aromatic carbocycles. The van der Waals surface area contributed by atoms with Crippen LogP contribution < -0.4 is 10.1 Å². The average molecular weight is 223 g/mol. The molecule has 0 saturated carbocycles. The van der Waals surface area contributed by atoms with Gasteiger partial charge in [-0.25, -0.2) is 4.39 Å². The Labute approximate surface area is 93.6 Å². The summed E-state index contributed by atoms with van der Waals surface area (Å²) in [6, 6.07) is 4.85. The second kappa shape index (κ2) is 3.77. The van der Waals surface area contributed by atoms with Crippen molar-refractivity contribution in [1.82, 2.24) is 5.32 Å². The smallest absolute Gasteiger partial charge is 0.220 e. The van der Waals surface area contributed by atoms with E-state index >= 15 is 0 Å². The van der Waals surface area contributed by atoms with Gasteiger partial charge in [-0.15, -0.1) is 0 Å². The van der Waals surface area contributed by atoms with Crippen molar-refractivity contribution in [1.29, 1.82) is 0 Å². The van der Waals surface area contributed by atoms with E-state index in [1.54, 1.807) is 6.07 Å². The van der Waals surface area contributed by atoms with Crippen LogP contribution in [0.1, 0.15) is 18.9 Å². The molecule has 0 aliphatic carbocycles. The molecule has 1 N–H and O–H groups in total. The van der Waals surface area contributed by atoms with Crippen molar-refractivity contribution in [2.45, 2.75) is 18.8 Å². The molecule has 1 unspecified atom stereocenters. The van der Waals surface area contributed by atoms with Gasteiger partial charge in [0, 0.05) is 18.4 Å². The summed E-state index contributed by atoms with van der Waals surface area (Å²) in [5, 5.41) is 2.76. The summed E-state index contributed by atoms with van der Waals surface area (Å²) in [4.78, 5) is 11.2. The summed E-state index contributed by atoms with van der Waals surface area (Å²) in [7, 11) is 1.43. The maximum absolute atomic E-state index is 13.5. The molecule has 16 heavy (non-hydrogen) atoms. The van der Waals surface area contributed by atoms with E-state index in [-0.39, 0.29) is 22.9 Å². The minimum Gasteiger partial charge on any atom is -0.494 e. The van der Waals surface area contributed by atoms with Gasteiger partial charge in [-0.2, -0.15) is 0 Å². The Balaban J connectivity index is 2.34. The van der Waals surface area contributed by atoms with E-state index < -0.39 is 0 Å². The Morgan fingerprint density at radius 2 is 2.25 bits per heavy atom. The number of amides is 1. The molecular weight excluding hydrogens is 209 g/mol. The number of methoxy groups -OCH3 is 1. The zero-order valence-electron chi connectivity index (χ0n) is 9.34. The highest BCUT2D eigenvalue weighted by atomic mass is 19.1. The molecule has 1 fully saturated rings. The number of benzene rings is 1. The molecule has 2 rings (SSSR count). The summed E-state index contributed by atoms with van der Waals surface area (Å²) in [5.74, 6) is -0.149. The molecule has 0 radical (unpaired) electrons. The van der Waals surface area contributed by atoms with Crippen LogP contribution in [-0.2, 0) is 10.2 Å². The molecule has 1 aliphatic rings. The number of ether oxygens (including phenoxy) is 1. The third kappa shape index (κ3) is 1.75. The predicted molar refractivity (Wildman–Crippen MR) is 57.9 cm³/mol. The van der Waals surface area contributed by atoms with Crippen LogP contribution in [-0.4, -0.2) is 19.6 Å². The summed E-state index contributed by atoms with van der Waals surface area (Å²) in [6.45, 7) is 2.50. The monoisotopic (exact) mass is 223 g/mol. The van der Waals surface area contributed by atoms with Crippen molar-refractivity contribution in [3.63, 3.8) is 0 Å². The fourth-order valence-corrected chi connectivity index (χ4v) is 2.02. The van der Waals surface area contributed by atoms with Gasteiger partial charge in [-0.3, -0.25) is 4.79 Å². The minimum atomic E-state index is -0.388. The molecule has 1 aliphatic heterocycles. The van der Waals surface area contributed by atoms with E-state index in [9.17, 15) is 9.18 Å². The first-order chi connectivity index (χ1) is 7.55. The Morgan fingerprint density at radius 1 is 1.50 bits per heavy atom. The van der Waals surface area contributed by atoms with Crippen LogP contribution in [0.4, 0.5) is 4.39 Å². The first kappa shape index (κ1) is 10.9. The number of carbonyl (C=O) groups is 1. The second-order valence-corrected chi connectivity index (χ2v) is 4.36. The third-order valence-electron chi connectivity index (χ3n) is 3.08. The van der Waals surface area contributed by atoms with Crippen LogP contribution in [0.5, 0.6) is 5.75 Å². The number of hydrogen-bond donors (Lipinski definition) is 1. The van der Waals surface area contributed by atoms with Crippen LogP contribution in [0.25, 0.3) is 0 Å². The van der Waals surface area contributed by atoms with E-state index in [4.69, 9.17) is 4.74 Å². The molecule has 4 heteroatoms. The highest BCUT2D eigenvalue weighted by molar-refractivity contribution is 5.80. The highest BCUT2D eigenvalue weighted by Crippen LogP contribution is 2.32. The average Bonchev–Trinajstić information content (AvgIpc) is 2.60. The van der Waals surface area contributed by atoms with Crippen LogP contribution in [0.15, 0.2) is 18.2 Å². The van der Waals surface area contributed by atoms with Crippen LogP contribution >= 0.6 is 0 Å². The zero-order chi connectivity index (χ0) is 11.8. The first-order valence-corrected chi connectivity index (χ1v) is 5.16. The quantitative estimate of drug-likeness (QED) is 0.827. The molecule has 1 atom stereocenters. The van der Waals surface area contributed by atoms with Crippen LogP contribution in [0.2, 0.25) is 0 Å². The fraction of sp³-hybridized carbons (Fsp3) is 0.417. The van der Waals surface area contributed by atoms with E-state index in [1.807, 2.05) is 13.0 Å². The SMILES string of the molecule is COc1ccc(C2(C)CNC(=O)C2)cc1F. The standard InChI is InChI=1S/C12H14FNO2/c1-12(6-11(15)14-7-12)8-3-4-10(16-2)9(13)5-8/h3-5H,6-7H2,1-2H3,(H,14,15). The number of nitrogens with one attached hydrogen (secondary N) is 1. The summed E-state index contributed by atoms with van der Waals surface area (Å²) in [5.41, 5.74) is 0.508. The van der Waals surface area contributed by atoms with Gasteiger partial charge in [0.05, 0.1) is 7.11 Å². The topological polar surface area (TPSA) is 38.3 Å². The van der Waals surface area contributed by atoms with Gasteiger partial charge in [0.25, 0.3) is 0 Å². The van der Waals surface area contributed by atoms with E-state index in [0.29, 0.717) is 13.0 Å². The summed E-state index contributed by atoms with van der Waals surface area (Å²) in [6.07, 6.45) is 0.402. The predicted octanol–water partition coefficient (Wildman–Crippen LogP) is 1.61. The molecule has 1 saturated heterocycles. The van der Waals surface area contributed by atoms with Crippen LogP contribution in [0, 0.1) is 5.82 Å². The lowest BCUT2D eigenvalue weighted by Crippen LogP contribution is -2.25. The minimum absolute atomic E-state index is 0.0127. The maximum atomic E-state index is 13.5. The molecular formula is C12H14FNO2. The molecule has 0 bridgehead atoms. The zero-order valence-corrected chi connectivity index (χ0v) is 9.34. The van der Waals surface area contributed by atoms with Gasteiger partial charge >= 0.3 is 0 Å². The number of carbonyl (C=O) groups excluding carboxylic acids is 1. The van der Waals surface area contributed by atoms with E-state index in [0.717, 1.165) is 5.56 Å². The highest BCUT2D eigenvalue weighted by Gasteiger charge is 2.35. The van der Waals surface area contributed by atoms with Crippen molar-refractivity contribution in [2.24, 2.45) is 0 Å². The van der Waals surface area contributed by atoms with Gasteiger partial charge in [0.15, 0.2) is 11.6 Å². The lowest BCUT2D eigenvalue weighted by Gasteiger charge is -2.22. The normalized spacial score (nSPS) is 24.3. The third-order valence-corrected chi connectivity index (χ3v) is 3.08. The Morgan fingerprint density at radius 3 is 2.75 bits per heavy atom. The summed E-state index contributed by atoms with van der Waals surface area (Å²) < 4.78 is 18.4. The summed E-state index contributed by atoms with van der Waals surface area (Å²) >= 11 is 0. The van der Waals surface area contributed by atoms with E-state index in [2.05, 4.69) is 5.32 Å². The molecule has 1 aromatic rings. The largest absolute Gasteiger partial charge is 0.494 e. The van der Waals surface area contributed by atoms with Gasteiger partial charge < -0.3 is 10.1 Å². The lowest BCUT2D eigenvalue weighted by molar-refractivity contribution is -0.119. The van der Waals surface area contributed by atoms with Gasteiger partial charge in [-0.1, -0.05) is 13.0 Å². The van der Waals surface area contributed by atoms with Gasteiger partial charge in [0.2, 0.25) is 5.91 Å². The molecule has 3 nitrogen and oxygen atoms in total. The molecule has 0 spiro atoms. The number of halogens is 1. The Bertz CT molecular complexity index is 433. The van der Waals surface area contributed by atoms with E-state index in [1.165, 1.54) is 13.2 Å². The molecule has 86 valence electrons. The lowest BCUT2D eigenvalue weighted by atomic mass is 9.81. The molecule has 1 amide bonds. The van der Waals surface area contributed by atoms with Crippen molar-refractivity contribution in [3.8, 4) is 5.75 Å². The Hall–Kier alpha value is -1.58. The van der Waals surface area contributed by atoms with Gasteiger partial charge in [0.1, 0.15) is 0 Å². The van der Waals surface area contributed by atoms with Crippen molar-refractivity contribution < 1.29 is 13.9 Å². The maximum Gasteiger partial charge on any atom is 0.220 e.